The van der Waals surface area contributed by atoms with Gasteiger partial charge in [0.1, 0.15) is 6.17 Å². The van der Waals surface area contributed by atoms with E-state index in [1.54, 1.807) is 6.07 Å². The van der Waals surface area contributed by atoms with Crippen LogP contribution in [-0.4, -0.2) is 13.1 Å². The van der Waals surface area contributed by atoms with E-state index in [9.17, 15) is 4.79 Å². The van der Waals surface area contributed by atoms with E-state index in [1.807, 2.05) is 32.0 Å². The van der Waals surface area contributed by atoms with E-state index in [2.05, 4.69) is 10.6 Å². The fourth-order valence-electron chi connectivity index (χ4n) is 1.82. The van der Waals surface area contributed by atoms with Gasteiger partial charge in [-0.25, -0.2) is 4.79 Å². The summed E-state index contributed by atoms with van der Waals surface area (Å²) >= 11 is 0. The zero-order valence-corrected chi connectivity index (χ0v) is 10.2. The highest BCUT2D eigenvalue weighted by Gasteiger charge is 2.19. The molecular weight excluding hydrogens is 216 g/mol. The summed E-state index contributed by atoms with van der Waals surface area (Å²) in [5, 5.41) is 6.64. The summed E-state index contributed by atoms with van der Waals surface area (Å²) in [6.45, 7) is 4.04. The van der Waals surface area contributed by atoms with Crippen molar-refractivity contribution in [2.75, 3.05) is 7.11 Å². The molecule has 0 amide bonds. The second-order valence-electron chi connectivity index (χ2n) is 4.09. The van der Waals surface area contributed by atoms with Crippen molar-refractivity contribution in [1.29, 1.82) is 0 Å². The summed E-state index contributed by atoms with van der Waals surface area (Å²) in [5.41, 5.74) is 3.83. The van der Waals surface area contributed by atoms with Crippen LogP contribution in [0.1, 0.15) is 35.9 Å². The Bertz CT molecular complexity index is 466. The minimum Gasteiger partial charge on any atom is -0.465 e. The lowest BCUT2D eigenvalue weighted by molar-refractivity contribution is 0.0600. The molecule has 0 spiro atoms. The van der Waals surface area contributed by atoms with Gasteiger partial charge in [0.05, 0.1) is 12.7 Å². The fraction of sp³-hybridized carbons (Fsp3) is 0.308. The van der Waals surface area contributed by atoms with E-state index in [-0.39, 0.29) is 12.1 Å². The third kappa shape index (κ3) is 2.25. The molecule has 1 aliphatic heterocycles. The molecule has 0 saturated carbocycles. The molecule has 1 aromatic rings. The van der Waals surface area contributed by atoms with E-state index < -0.39 is 0 Å². The molecule has 4 heteroatoms. The zero-order valence-electron chi connectivity index (χ0n) is 10.2. The molecular formula is C13H16N2O2. The Balaban J connectivity index is 2.21. The van der Waals surface area contributed by atoms with Gasteiger partial charge in [-0.05, 0) is 31.5 Å². The van der Waals surface area contributed by atoms with Crippen LogP contribution in [0.5, 0.6) is 0 Å². The number of benzene rings is 1. The van der Waals surface area contributed by atoms with Gasteiger partial charge in [-0.2, -0.15) is 0 Å². The van der Waals surface area contributed by atoms with Crippen LogP contribution in [-0.2, 0) is 4.74 Å². The smallest absolute Gasteiger partial charge is 0.337 e. The van der Waals surface area contributed by atoms with Gasteiger partial charge in [-0.1, -0.05) is 12.1 Å². The molecule has 1 aromatic carbocycles. The summed E-state index contributed by atoms with van der Waals surface area (Å²) in [6, 6.07) is 7.41. The molecule has 0 aliphatic carbocycles. The van der Waals surface area contributed by atoms with Gasteiger partial charge in [-0.15, -0.1) is 0 Å². The number of rotatable bonds is 2. The van der Waals surface area contributed by atoms with Crippen LogP contribution in [0.3, 0.4) is 0 Å². The molecule has 1 aliphatic rings. The van der Waals surface area contributed by atoms with E-state index >= 15 is 0 Å². The lowest BCUT2D eigenvalue weighted by Gasteiger charge is -2.14. The Morgan fingerprint density at radius 1 is 1.24 bits per heavy atom. The van der Waals surface area contributed by atoms with Crippen molar-refractivity contribution in [3.05, 3.63) is 46.8 Å². The molecule has 2 rings (SSSR count). The van der Waals surface area contributed by atoms with Crippen LogP contribution in [0.25, 0.3) is 0 Å². The summed E-state index contributed by atoms with van der Waals surface area (Å²) < 4.78 is 4.71. The Morgan fingerprint density at radius 3 is 2.47 bits per heavy atom. The summed E-state index contributed by atoms with van der Waals surface area (Å²) in [4.78, 5) is 11.4. The Morgan fingerprint density at radius 2 is 1.88 bits per heavy atom. The van der Waals surface area contributed by atoms with Gasteiger partial charge in [0.15, 0.2) is 0 Å². The Kier molecular flexibility index (Phi) is 3.04. The van der Waals surface area contributed by atoms with Crippen LogP contribution in [0, 0.1) is 0 Å². The molecule has 0 fully saturated rings. The minimum absolute atomic E-state index is 0.0274. The molecule has 4 nitrogen and oxygen atoms in total. The predicted octanol–water partition coefficient (Wildman–Crippen LogP) is 1.92. The molecule has 0 saturated heterocycles. The largest absolute Gasteiger partial charge is 0.465 e. The standard InChI is InChI=1S/C13H16N2O2/c1-8-9(2)15-12(14-8)10-5-4-6-11(7-10)13(16)17-3/h4-7,12,14-15H,1-3H3. The molecule has 1 heterocycles. The van der Waals surface area contributed by atoms with Crippen molar-refractivity contribution in [1.82, 2.24) is 10.6 Å². The Labute approximate surface area is 101 Å². The first kappa shape index (κ1) is 11.5. The van der Waals surface area contributed by atoms with Crippen molar-refractivity contribution in [3.8, 4) is 0 Å². The lowest BCUT2D eigenvalue weighted by Crippen LogP contribution is -2.23. The lowest BCUT2D eigenvalue weighted by atomic mass is 10.1. The summed E-state index contributed by atoms with van der Waals surface area (Å²) in [7, 11) is 1.39. The second-order valence-corrected chi connectivity index (χ2v) is 4.09. The quantitative estimate of drug-likeness (QED) is 0.765. The van der Waals surface area contributed by atoms with Gasteiger partial charge in [-0.3, -0.25) is 0 Å². The molecule has 0 bridgehead atoms. The highest BCUT2D eigenvalue weighted by Crippen LogP contribution is 2.20. The minimum atomic E-state index is -0.314. The Hall–Kier alpha value is -1.97. The van der Waals surface area contributed by atoms with Crippen molar-refractivity contribution in [2.24, 2.45) is 0 Å². The first-order valence-corrected chi connectivity index (χ1v) is 5.50. The number of hydrogen-bond acceptors (Lipinski definition) is 4. The number of carbonyl (C=O) groups excluding carboxylic acids is 1. The van der Waals surface area contributed by atoms with Crippen LogP contribution in [0.2, 0.25) is 0 Å². The van der Waals surface area contributed by atoms with Crippen molar-refractivity contribution in [2.45, 2.75) is 20.0 Å². The number of allylic oxidation sites excluding steroid dienone is 2. The number of methoxy groups -OCH3 is 1. The number of esters is 1. The topological polar surface area (TPSA) is 50.4 Å². The van der Waals surface area contributed by atoms with E-state index in [1.165, 1.54) is 7.11 Å². The molecule has 0 atom stereocenters. The highest BCUT2D eigenvalue weighted by molar-refractivity contribution is 5.89. The molecule has 2 N–H and O–H groups in total. The molecule has 0 radical (unpaired) electrons. The highest BCUT2D eigenvalue weighted by atomic mass is 16.5. The summed E-state index contributed by atoms with van der Waals surface area (Å²) in [6.07, 6.45) is 0.0274. The van der Waals surface area contributed by atoms with Crippen molar-refractivity contribution < 1.29 is 9.53 Å². The number of ether oxygens (including phenoxy) is 1. The second kappa shape index (κ2) is 4.49. The third-order valence-electron chi connectivity index (χ3n) is 2.93. The summed E-state index contributed by atoms with van der Waals surface area (Å²) in [5.74, 6) is -0.314. The predicted molar refractivity (Wildman–Crippen MR) is 65.2 cm³/mol. The van der Waals surface area contributed by atoms with Gasteiger partial charge in [0.2, 0.25) is 0 Å². The van der Waals surface area contributed by atoms with Crippen molar-refractivity contribution >= 4 is 5.97 Å². The van der Waals surface area contributed by atoms with Gasteiger partial charge < -0.3 is 15.4 Å². The maximum absolute atomic E-state index is 11.4. The van der Waals surface area contributed by atoms with E-state index in [0.29, 0.717) is 5.56 Å². The third-order valence-corrected chi connectivity index (χ3v) is 2.93. The van der Waals surface area contributed by atoms with Crippen LogP contribution in [0.15, 0.2) is 35.7 Å². The fourth-order valence-corrected chi connectivity index (χ4v) is 1.82. The molecule has 90 valence electrons. The normalized spacial score (nSPS) is 15.5. The first-order valence-electron chi connectivity index (χ1n) is 5.50. The first-order chi connectivity index (χ1) is 8.11. The molecule has 17 heavy (non-hydrogen) atoms. The SMILES string of the molecule is COC(=O)c1cccc(C2NC(C)=C(C)N2)c1. The van der Waals surface area contributed by atoms with E-state index in [0.717, 1.165) is 17.0 Å². The van der Waals surface area contributed by atoms with Gasteiger partial charge >= 0.3 is 5.97 Å². The average Bonchev–Trinajstić information content (AvgIpc) is 2.69. The maximum atomic E-state index is 11.4. The van der Waals surface area contributed by atoms with Crippen LogP contribution >= 0.6 is 0 Å². The van der Waals surface area contributed by atoms with Crippen LogP contribution in [0.4, 0.5) is 0 Å². The van der Waals surface area contributed by atoms with E-state index in [4.69, 9.17) is 4.74 Å². The van der Waals surface area contributed by atoms with Crippen molar-refractivity contribution in [3.63, 3.8) is 0 Å². The maximum Gasteiger partial charge on any atom is 0.337 e. The monoisotopic (exact) mass is 232 g/mol. The number of hydrogen-bond donors (Lipinski definition) is 2. The van der Waals surface area contributed by atoms with Gasteiger partial charge in [0, 0.05) is 11.4 Å². The zero-order chi connectivity index (χ0) is 12.4. The number of nitrogens with one attached hydrogen (secondary N) is 2. The van der Waals surface area contributed by atoms with Crippen LogP contribution < -0.4 is 10.6 Å². The molecule has 0 aromatic heterocycles. The molecule has 0 unspecified atom stereocenters. The number of carbonyl (C=O) groups is 1. The average molecular weight is 232 g/mol. The van der Waals surface area contributed by atoms with Gasteiger partial charge in [0.25, 0.3) is 0 Å².